The van der Waals surface area contributed by atoms with Gasteiger partial charge in [-0.05, 0) is 30.3 Å². The van der Waals surface area contributed by atoms with E-state index >= 15 is 0 Å². The number of nitrogens with one attached hydrogen (secondary N) is 3. The van der Waals surface area contributed by atoms with E-state index < -0.39 is 42.0 Å². The molecule has 8 nitrogen and oxygen atoms in total. The number of anilines is 1. The van der Waals surface area contributed by atoms with Crippen LogP contribution < -0.4 is 16.2 Å². The first-order valence-electron chi connectivity index (χ1n) is 8.92. The second kappa shape index (κ2) is 10.8. The van der Waals surface area contributed by atoms with E-state index in [-0.39, 0.29) is 18.5 Å². The van der Waals surface area contributed by atoms with E-state index in [1.807, 2.05) is 0 Å². The van der Waals surface area contributed by atoms with Gasteiger partial charge in [0, 0.05) is 17.7 Å². The molecule has 3 amide bonds. The minimum absolute atomic E-state index is 0.107. The van der Waals surface area contributed by atoms with Crippen molar-refractivity contribution in [2.75, 3.05) is 11.9 Å². The smallest absolute Gasteiger partial charge is 0.416 e. The Morgan fingerprint density at radius 1 is 0.839 bits per heavy atom. The largest absolute Gasteiger partial charge is 0.456 e. The Kier molecular flexibility index (Phi) is 8.12. The Bertz CT molecular complexity index is 949. The van der Waals surface area contributed by atoms with Crippen molar-refractivity contribution in [2.24, 2.45) is 0 Å². The highest BCUT2D eigenvalue weighted by molar-refractivity contribution is 5.95. The van der Waals surface area contributed by atoms with Crippen molar-refractivity contribution >= 4 is 29.4 Å². The van der Waals surface area contributed by atoms with Crippen LogP contribution in [-0.4, -0.2) is 30.3 Å². The molecule has 0 unspecified atom stereocenters. The first kappa shape index (κ1) is 23.4. The number of amides is 3. The van der Waals surface area contributed by atoms with Gasteiger partial charge in [-0.15, -0.1) is 0 Å². The Balaban J connectivity index is 1.68. The summed E-state index contributed by atoms with van der Waals surface area (Å²) in [6.07, 6.45) is -5.25. The van der Waals surface area contributed by atoms with Crippen molar-refractivity contribution in [2.45, 2.75) is 19.0 Å². The molecule has 0 aliphatic carbocycles. The van der Waals surface area contributed by atoms with Gasteiger partial charge in [0.25, 0.3) is 11.8 Å². The molecule has 11 heteroatoms. The topological polar surface area (TPSA) is 114 Å². The Morgan fingerprint density at radius 3 is 2.23 bits per heavy atom. The molecule has 0 aliphatic rings. The monoisotopic (exact) mass is 437 g/mol. The van der Waals surface area contributed by atoms with Gasteiger partial charge >= 0.3 is 12.1 Å². The number of ether oxygens (including phenoxy) is 1. The minimum atomic E-state index is -4.56. The maximum Gasteiger partial charge on any atom is 0.416 e. The van der Waals surface area contributed by atoms with Gasteiger partial charge in [-0.1, -0.05) is 24.3 Å². The number of hydrazine groups is 1. The van der Waals surface area contributed by atoms with Crippen LogP contribution in [0.4, 0.5) is 18.9 Å². The molecule has 2 rings (SSSR count). The number of hydrogen-bond acceptors (Lipinski definition) is 5. The maximum absolute atomic E-state index is 12.7. The number of esters is 1. The zero-order valence-corrected chi connectivity index (χ0v) is 16.0. The first-order valence-corrected chi connectivity index (χ1v) is 8.92. The normalized spacial score (nSPS) is 10.7. The lowest BCUT2D eigenvalue weighted by atomic mass is 10.2. The van der Waals surface area contributed by atoms with Crippen molar-refractivity contribution in [3.63, 3.8) is 0 Å². The molecular formula is C20H18F3N3O5. The van der Waals surface area contributed by atoms with Crippen LogP contribution in [0.25, 0.3) is 0 Å². The van der Waals surface area contributed by atoms with Gasteiger partial charge < -0.3 is 10.1 Å². The molecule has 0 saturated carbocycles. The van der Waals surface area contributed by atoms with Gasteiger partial charge in [-0.25, -0.2) is 0 Å². The quantitative estimate of drug-likeness (QED) is 0.455. The fourth-order valence-corrected chi connectivity index (χ4v) is 2.25. The average Bonchev–Trinajstić information content (AvgIpc) is 2.74. The number of alkyl halides is 3. The summed E-state index contributed by atoms with van der Waals surface area (Å²) in [5.74, 6) is -2.91. The van der Waals surface area contributed by atoms with E-state index in [9.17, 15) is 32.3 Å². The zero-order valence-electron chi connectivity index (χ0n) is 16.0. The molecule has 164 valence electrons. The highest BCUT2D eigenvalue weighted by atomic mass is 19.4. The van der Waals surface area contributed by atoms with Crippen LogP contribution in [0.3, 0.4) is 0 Å². The zero-order chi connectivity index (χ0) is 22.9. The lowest BCUT2D eigenvalue weighted by Crippen LogP contribution is -2.41. The maximum atomic E-state index is 12.7. The highest BCUT2D eigenvalue weighted by Crippen LogP contribution is 2.30. The lowest BCUT2D eigenvalue weighted by molar-refractivity contribution is -0.148. The fraction of sp³-hybridized carbons (Fsp3) is 0.200. The molecule has 2 aromatic carbocycles. The molecule has 2 aromatic rings. The third-order valence-corrected chi connectivity index (χ3v) is 3.75. The highest BCUT2D eigenvalue weighted by Gasteiger charge is 2.30. The number of carbonyl (C=O) groups is 4. The van der Waals surface area contributed by atoms with E-state index in [4.69, 9.17) is 0 Å². The van der Waals surface area contributed by atoms with E-state index in [0.717, 1.165) is 18.2 Å². The van der Waals surface area contributed by atoms with Crippen LogP contribution in [0.1, 0.15) is 28.8 Å². The van der Waals surface area contributed by atoms with Crippen molar-refractivity contribution in [3.8, 4) is 0 Å². The number of halogens is 3. The fourth-order valence-electron chi connectivity index (χ4n) is 2.25. The molecule has 0 radical (unpaired) electrons. The van der Waals surface area contributed by atoms with Gasteiger partial charge in [0.2, 0.25) is 5.91 Å². The number of hydrogen-bond donors (Lipinski definition) is 3. The standard InChI is InChI=1S/C20H18F3N3O5/c21-20(22,23)14-7-4-8-15(11-14)24-17(28)12-31-18(29)10-9-16(27)25-26-19(30)13-5-2-1-3-6-13/h1-8,11H,9-10,12H2,(H,24,28)(H,25,27)(H,26,30). The summed E-state index contributed by atoms with van der Waals surface area (Å²) in [6, 6.07) is 12.1. The molecule has 0 heterocycles. The summed E-state index contributed by atoms with van der Waals surface area (Å²) in [7, 11) is 0. The van der Waals surface area contributed by atoms with Crippen LogP contribution in [0.5, 0.6) is 0 Å². The third-order valence-electron chi connectivity index (χ3n) is 3.75. The van der Waals surface area contributed by atoms with Crippen molar-refractivity contribution in [1.82, 2.24) is 10.9 Å². The molecular weight excluding hydrogens is 419 g/mol. The Labute approximate surface area is 174 Å². The van der Waals surface area contributed by atoms with Gasteiger partial charge in [0.1, 0.15) is 0 Å². The summed E-state index contributed by atoms with van der Waals surface area (Å²) in [4.78, 5) is 46.8. The molecule has 0 spiro atoms. The van der Waals surface area contributed by atoms with E-state index in [2.05, 4.69) is 20.9 Å². The predicted molar refractivity (Wildman–Crippen MR) is 102 cm³/mol. The molecule has 3 N–H and O–H groups in total. The van der Waals surface area contributed by atoms with Crippen LogP contribution in [0.15, 0.2) is 54.6 Å². The van der Waals surface area contributed by atoms with Gasteiger partial charge in [0.05, 0.1) is 12.0 Å². The molecule has 0 bridgehead atoms. The Morgan fingerprint density at radius 2 is 1.55 bits per heavy atom. The summed E-state index contributed by atoms with van der Waals surface area (Å²) < 4.78 is 42.6. The van der Waals surface area contributed by atoms with Crippen LogP contribution in [0.2, 0.25) is 0 Å². The SMILES string of the molecule is O=C(CCC(=O)OCC(=O)Nc1cccc(C(F)(F)F)c1)NNC(=O)c1ccccc1. The molecule has 0 saturated heterocycles. The minimum Gasteiger partial charge on any atom is -0.456 e. The third kappa shape index (κ3) is 8.17. The first-order chi connectivity index (χ1) is 14.6. The van der Waals surface area contributed by atoms with E-state index in [1.165, 1.54) is 6.07 Å². The van der Waals surface area contributed by atoms with Crippen molar-refractivity contribution in [1.29, 1.82) is 0 Å². The van der Waals surface area contributed by atoms with Crippen molar-refractivity contribution < 1.29 is 37.1 Å². The lowest BCUT2D eigenvalue weighted by Gasteiger charge is -2.10. The van der Waals surface area contributed by atoms with Crippen LogP contribution in [0, 0.1) is 0 Å². The number of rotatable bonds is 7. The molecule has 0 fully saturated rings. The van der Waals surface area contributed by atoms with E-state index in [0.29, 0.717) is 5.56 Å². The number of carbonyl (C=O) groups excluding carboxylic acids is 4. The van der Waals surface area contributed by atoms with Crippen LogP contribution >= 0.6 is 0 Å². The average molecular weight is 437 g/mol. The second-order valence-corrected chi connectivity index (χ2v) is 6.16. The molecule has 0 aliphatic heterocycles. The van der Waals surface area contributed by atoms with Gasteiger partial charge in [-0.2, -0.15) is 13.2 Å². The summed E-state index contributed by atoms with van der Waals surface area (Å²) in [5.41, 5.74) is 3.60. The summed E-state index contributed by atoms with van der Waals surface area (Å²) in [5, 5.41) is 2.18. The molecule has 0 aromatic heterocycles. The molecule has 31 heavy (non-hydrogen) atoms. The summed E-state index contributed by atoms with van der Waals surface area (Å²) >= 11 is 0. The summed E-state index contributed by atoms with van der Waals surface area (Å²) in [6.45, 7) is -0.735. The van der Waals surface area contributed by atoms with Crippen molar-refractivity contribution in [3.05, 3.63) is 65.7 Å². The number of benzene rings is 2. The second-order valence-electron chi connectivity index (χ2n) is 6.16. The van der Waals surface area contributed by atoms with Crippen LogP contribution in [-0.2, 0) is 25.3 Å². The predicted octanol–water partition coefficient (Wildman–Crippen LogP) is 2.43. The van der Waals surface area contributed by atoms with E-state index in [1.54, 1.807) is 30.3 Å². The van der Waals surface area contributed by atoms with Gasteiger partial charge in [0.15, 0.2) is 6.61 Å². The molecule has 0 atom stereocenters. The van der Waals surface area contributed by atoms with Gasteiger partial charge in [-0.3, -0.25) is 30.0 Å². The Hall–Kier alpha value is -3.89.